The van der Waals surface area contributed by atoms with E-state index in [1.54, 1.807) is 20.3 Å². The summed E-state index contributed by atoms with van der Waals surface area (Å²) in [6.07, 6.45) is 1.60. The minimum Gasteiger partial charge on any atom is -0.493 e. The number of aromatic nitrogens is 4. The molecule has 35 heavy (non-hydrogen) atoms. The summed E-state index contributed by atoms with van der Waals surface area (Å²) in [5.74, 6) is 1.32. The van der Waals surface area contributed by atoms with Crippen molar-refractivity contribution in [3.63, 3.8) is 0 Å². The molecular formula is C25H27N5O4S. The molecule has 2 heterocycles. The molecule has 10 heteroatoms. The summed E-state index contributed by atoms with van der Waals surface area (Å²) in [6.45, 7) is 2.57. The standard InChI is InChI=1S/C25H27N5O4S/c1-4-16-5-8-18(9-6-16)19-14-20-24(32)27-28-25(30(20)29-19)35-15-23(31)26-12-11-17-7-10-21(33-2)22(13-17)34-3/h5-10,13-14H,4,11-12,15H2,1-3H3,(H,26,31)(H,27,32). The van der Waals surface area contributed by atoms with Crippen molar-refractivity contribution < 1.29 is 14.3 Å². The summed E-state index contributed by atoms with van der Waals surface area (Å²) in [4.78, 5) is 24.7. The molecule has 1 amide bonds. The number of fused-ring (bicyclic) bond motifs is 1. The van der Waals surface area contributed by atoms with Crippen molar-refractivity contribution in [3.05, 3.63) is 70.0 Å². The van der Waals surface area contributed by atoms with Crippen LogP contribution >= 0.6 is 11.8 Å². The Kier molecular flexibility index (Phi) is 7.71. The first-order valence-corrected chi connectivity index (χ1v) is 12.2. The Labute approximate surface area is 206 Å². The van der Waals surface area contributed by atoms with Crippen molar-refractivity contribution in [2.75, 3.05) is 26.5 Å². The fraction of sp³-hybridized carbons (Fsp3) is 0.280. The lowest BCUT2D eigenvalue weighted by molar-refractivity contribution is -0.118. The number of methoxy groups -OCH3 is 2. The summed E-state index contributed by atoms with van der Waals surface area (Å²) < 4.78 is 12.1. The first kappa shape index (κ1) is 24.3. The number of aromatic amines is 1. The number of benzene rings is 2. The number of hydrogen-bond donors (Lipinski definition) is 2. The number of nitrogens with zero attached hydrogens (tertiary/aromatic N) is 3. The monoisotopic (exact) mass is 493 g/mol. The van der Waals surface area contributed by atoms with Crippen LogP contribution < -0.4 is 20.3 Å². The van der Waals surface area contributed by atoms with E-state index in [0.717, 1.165) is 17.5 Å². The summed E-state index contributed by atoms with van der Waals surface area (Å²) >= 11 is 1.21. The number of ether oxygens (including phenoxy) is 2. The van der Waals surface area contributed by atoms with Crippen LogP contribution in [0.2, 0.25) is 0 Å². The molecule has 0 atom stereocenters. The molecule has 0 radical (unpaired) electrons. The number of carbonyl (C=O) groups is 1. The maximum atomic E-state index is 12.4. The molecule has 4 rings (SSSR count). The van der Waals surface area contributed by atoms with Crippen LogP contribution in [0, 0.1) is 0 Å². The number of nitrogens with one attached hydrogen (secondary N) is 2. The van der Waals surface area contributed by atoms with Crippen molar-refractivity contribution in [1.29, 1.82) is 0 Å². The molecule has 0 bridgehead atoms. The predicted molar refractivity (Wildman–Crippen MR) is 135 cm³/mol. The van der Waals surface area contributed by atoms with Crippen LogP contribution in [-0.4, -0.2) is 52.2 Å². The molecule has 2 N–H and O–H groups in total. The van der Waals surface area contributed by atoms with Crippen LogP contribution in [0.15, 0.2) is 58.5 Å². The molecule has 0 unspecified atom stereocenters. The second kappa shape index (κ2) is 11.1. The lowest BCUT2D eigenvalue weighted by Crippen LogP contribution is -2.27. The molecule has 0 spiro atoms. The highest BCUT2D eigenvalue weighted by Crippen LogP contribution is 2.27. The molecule has 2 aromatic carbocycles. The summed E-state index contributed by atoms with van der Waals surface area (Å²) in [7, 11) is 3.18. The highest BCUT2D eigenvalue weighted by molar-refractivity contribution is 7.99. The van der Waals surface area contributed by atoms with Gasteiger partial charge in [-0.3, -0.25) is 9.59 Å². The molecular weight excluding hydrogens is 466 g/mol. The second-order valence-corrected chi connectivity index (χ2v) is 8.73. The van der Waals surface area contributed by atoms with Crippen molar-refractivity contribution >= 4 is 23.2 Å². The van der Waals surface area contributed by atoms with Crippen LogP contribution in [-0.2, 0) is 17.6 Å². The number of carbonyl (C=O) groups excluding carboxylic acids is 1. The van der Waals surface area contributed by atoms with Gasteiger partial charge in [0.25, 0.3) is 5.56 Å². The van der Waals surface area contributed by atoms with E-state index in [4.69, 9.17) is 9.47 Å². The van der Waals surface area contributed by atoms with Gasteiger partial charge >= 0.3 is 0 Å². The average Bonchev–Trinajstić information content (AvgIpc) is 3.35. The van der Waals surface area contributed by atoms with Gasteiger partial charge in [0.05, 0.1) is 25.7 Å². The molecule has 0 fully saturated rings. The third-order valence-corrected chi connectivity index (χ3v) is 6.48. The number of thioether (sulfide) groups is 1. The minimum absolute atomic E-state index is 0.139. The third kappa shape index (κ3) is 5.65. The fourth-order valence-corrected chi connectivity index (χ4v) is 4.34. The fourth-order valence-electron chi connectivity index (χ4n) is 3.60. The Bertz CT molecular complexity index is 1380. The maximum absolute atomic E-state index is 12.4. The molecule has 4 aromatic rings. The first-order valence-electron chi connectivity index (χ1n) is 11.2. The predicted octanol–water partition coefficient (Wildman–Crippen LogP) is 3.12. The van der Waals surface area contributed by atoms with Crippen molar-refractivity contribution in [2.45, 2.75) is 24.9 Å². The van der Waals surface area contributed by atoms with Crippen LogP contribution in [0.4, 0.5) is 0 Å². The Morgan fingerprint density at radius 2 is 1.80 bits per heavy atom. The van der Waals surface area contributed by atoms with E-state index in [-0.39, 0.29) is 17.2 Å². The molecule has 0 aliphatic carbocycles. The normalized spacial score (nSPS) is 10.9. The van der Waals surface area contributed by atoms with Gasteiger partial charge in [-0.25, -0.2) is 9.61 Å². The number of amides is 1. The van der Waals surface area contributed by atoms with E-state index < -0.39 is 0 Å². The van der Waals surface area contributed by atoms with Crippen molar-refractivity contribution in [1.82, 2.24) is 25.1 Å². The largest absolute Gasteiger partial charge is 0.493 e. The summed E-state index contributed by atoms with van der Waals surface area (Å²) in [6, 6.07) is 15.5. The number of H-pyrrole nitrogens is 1. The van der Waals surface area contributed by atoms with Gasteiger partial charge in [0, 0.05) is 12.1 Å². The quantitative estimate of drug-likeness (QED) is 0.327. The first-order chi connectivity index (χ1) is 17.0. The average molecular weight is 494 g/mol. The molecule has 0 saturated carbocycles. The van der Waals surface area contributed by atoms with Crippen molar-refractivity contribution in [2.24, 2.45) is 0 Å². The van der Waals surface area contributed by atoms with Crippen LogP contribution in [0.25, 0.3) is 16.8 Å². The summed E-state index contributed by atoms with van der Waals surface area (Å²) in [5.41, 5.74) is 3.88. The van der Waals surface area contributed by atoms with Gasteiger partial charge in [-0.05, 0) is 42.2 Å². The SMILES string of the molecule is CCc1ccc(-c2cc3c(=O)[nH]nc(SCC(=O)NCCc4ccc(OC)c(OC)c4)n3n2)cc1. The molecule has 0 aliphatic rings. The highest BCUT2D eigenvalue weighted by Gasteiger charge is 2.14. The Morgan fingerprint density at radius 1 is 1.06 bits per heavy atom. The number of hydrogen-bond acceptors (Lipinski definition) is 7. The third-order valence-electron chi connectivity index (χ3n) is 5.55. The van der Waals surface area contributed by atoms with Crippen molar-refractivity contribution in [3.8, 4) is 22.8 Å². The molecule has 2 aromatic heterocycles. The van der Waals surface area contributed by atoms with Gasteiger partial charge in [0.15, 0.2) is 11.5 Å². The Morgan fingerprint density at radius 3 is 2.51 bits per heavy atom. The molecule has 182 valence electrons. The highest BCUT2D eigenvalue weighted by atomic mass is 32.2. The lowest BCUT2D eigenvalue weighted by Gasteiger charge is -2.10. The zero-order valence-electron chi connectivity index (χ0n) is 19.8. The van der Waals surface area contributed by atoms with Gasteiger partial charge in [0.1, 0.15) is 5.52 Å². The minimum atomic E-state index is -0.336. The van der Waals surface area contributed by atoms with E-state index in [1.165, 1.54) is 21.8 Å². The number of rotatable bonds is 10. The summed E-state index contributed by atoms with van der Waals surface area (Å²) in [5, 5.41) is 14.5. The van der Waals surface area contributed by atoms with Gasteiger partial charge < -0.3 is 14.8 Å². The van der Waals surface area contributed by atoms with E-state index in [2.05, 4.69) is 27.5 Å². The Hall–Kier alpha value is -3.79. The molecule has 9 nitrogen and oxygen atoms in total. The van der Waals surface area contributed by atoms with Crippen LogP contribution in [0.1, 0.15) is 18.1 Å². The maximum Gasteiger partial charge on any atom is 0.290 e. The zero-order valence-corrected chi connectivity index (χ0v) is 20.6. The Balaban J connectivity index is 1.38. The number of aryl methyl sites for hydroxylation is 1. The smallest absolute Gasteiger partial charge is 0.290 e. The van der Waals surface area contributed by atoms with E-state index in [0.29, 0.717) is 40.8 Å². The molecule has 0 aliphatic heterocycles. The van der Waals surface area contributed by atoms with Crippen LogP contribution in [0.3, 0.4) is 0 Å². The van der Waals surface area contributed by atoms with E-state index in [1.807, 2.05) is 42.5 Å². The van der Waals surface area contributed by atoms with Gasteiger partial charge in [0.2, 0.25) is 11.1 Å². The van der Waals surface area contributed by atoms with Gasteiger partial charge in [-0.2, -0.15) is 5.10 Å². The lowest BCUT2D eigenvalue weighted by atomic mass is 10.1. The van der Waals surface area contributed by atoms with E-state index in [9.17, 15) is 9.59 Å². The molecule has 0 saturated heterocycles. The van der Waals surface area contributed by atoms with E-state index >= 15 is 0 Å². The van der Waals surface area contributed by atoms with Gasteiger partial charge in [-0.1, -0.05) is 49.0 Å². The topological polar surface area (TPSA) is 111 Å². The van der Waals surface area contributed by atoms with Crippen LogP contribution in [0.5, 0.6) is 11.5 Å². The van der Waals surface area contributed by atoms with Gasteiger partial charge in [-0.15, -0.1) is 5.10 Å². The zero-order chi connectivity index (χ0) is 24.8. The second-order valence-electron chi connectivity index (χ2n) is 7.79.